The molecule has 0 saturated heterocycles. The van der Waals surface area contributed by atoms with Gasteiger partial charge in [-0.3, -0.25) is 9.10 Å². The first-order valence-electron chi connectivity index (χ1n) is 7.74. The Morgan fingerprint density at radius 3 is 2.46 bits per heavy atom. The van der Waals surface area contributed by atoms with E-state index in [0.717, 1.165) is 11.3 Å². The highest BCUT2D eigenvalue weighted by atomic mass is 32.2. The van der Waals surface area contributed by atoms with Crippen molar-refractivity contribution in [3.8, 4) is 0 Å². The minimum absolute atomic E-state index is 0.116. The standard InChI is InChI=1S/C18H20N2O3S/c1-13-11-15-12-14(9-10-17(15)20(13)24(3,22)23)18(21)19(2)16-7-5-4-6-8-16/h4-10,12-13H,11H2,1-3H3. The van der Waals surface area contributed by atoms with Gasteiger partial charge in [0.05, 0.1) is 11.9 Å². The molecule has 24 heavy (non-hydrogen) atoms. The molecule has 6 heteroatoms. The molecular formula is C18H20N2O3S. The zero-order valence-electron chi connectivity index (χ0n) is 13.9. The summed E-state index contributed by atoms with van der Waals surface area (Å²) in [6.45, 7) is 1.87. The van der Waals surface area contributed by atoms with Crippen molar-refractivity contribution in [2.45, 2.75) is 19.4 Å². The van der Waals surface area contributed by atoms with Crippen LogP contribution in [0.4, 0.5) is 11.4 Å². The summed E-state index contributed by atoms with van der Waals surface area (Å²) >= 11 is 0. The Morgan fingerprint density at radius 2 is 1.83 bits per heavy atom. The second-order valence-corrected chi connectivity index (χ2v) is 8.01. The first kappa shape index (κ1) is 16.5. The molecule has 126 valence electrons. The number of carbonyl (C=O) groups excluding carboxylic acids is 1. The minimum atomic E-state index is -3.32. The Balaban J connectivity index is 1.93. The van der Waals surface area contributed by atoms with Gasteiger partial charge >= 0.3 is 0 Å². The molecule has 2 aromatic rings. The zero-order valence-corrected chi connectivity index (χ0v) is 14.7. The third kappa shape index (κ3) is 2.89. The van der Waals surface area contributed by atoms with E-state index in [1.807, 2.05) is 37.3 Å². The summed E-state index contributed by atoms with van der Waals surface area (Å²) in [6.07, 6.45) is 1.82. The second kappa shape index (κ2) is 5.94. The summed E-state index contributed by atoms with van der Waals surface area (Å²) in [7, 11) is -1.59. The molecule has 0 saturated carbocycles. The summed E-state index contributed by atoms with van der Waals surface area (Å²) in [5.41, 5.74) is 2.93. The van der Waals surface area contributed by atoms with Crippen LogP contribution in [-0.2, 0) is 16.4 Å². The molecule has 1 aliphatic heterocycles. The summed E-state index contributed by atoms with van der Waals surface area (Å²) in [5, 5.41) is 0. The summed E-state index contributed by atoms with van der Waals surface area (Å²) < 4.78 is 25.4. The average molecular weight is 344 g/mol. The Bertz CT molecular complexity index is 878. The van der Waals surface area contributed by atoms with Gasteiger partial charge in [-0.25, -0.2) is 8.42 Å². The summed E-state index contributed by atoms with van der Waals surface area (Å²) in [6, 6.07) is 14.5. The molecule has 1 atom stereocenters. The molecule has 2 aromatic carbocycles. The van der Waals surface area contributed by atoms with Crippen molar-refractivity contribution in [1.82, 2.24) is 0 Å². The van der Waals surface area contributed by atoms with Gasteiger partial charge in [0.15, 0.2) is 0 Å². The van der Waals surface area contributed by atoms with Crippen LogP contribution in [0, 0.1) is 0 Å². The molecule has 0 aromatic heterocycles. The molecular weight excluding hydrogens is 324 g/mol. The molecule has 3 rings (SSSR count). The van der Waals surface area contributed by atoms with Gasteiger partial charge in [-0.2, -0.15) is 0 Å². The van der Waals surface area contributed by atoms with E-state index >= 15 is 0 Å². The predicted molar refractivity (Wildman–Crippen MR) is 96.1 cm³/mol. The number of sulfonamides is 1. The van der Waals surface area contributed by atoms with Crippen molar-refractivity contribution >= 4 is 27.3 Å². The lowest BCUT2D eigenvalue weighted by Crippen LogP contribution is -2.34. The van der Waals surface area contributed by atoms with Crippen LogP contribution in [0.15, 0.2) is 48.5 Å². The maximum Gasteiger partial charge on any atom is 0.258 e. The van der Waals surface area contributed by atoms with E-state index in [9.17, 15) is 13.2 Å². The number of amides is 1. The van der Waals surface area contributed by atoms with Crippen LogP contribution in [0.5, 0.6) is 0 Å². The van der Waals surface area contributed by atoms with Crippen LogP contribution in [0.3, 0.4) is 0 Å². The Labute approximate surface area is 142 Å². The lowest BCUT2D eigenvalue weighted by atomic mass is 10.1. The number of para-hydroxylation sites is 1. The van der Waals surface area contributed by atoms with Crippen molar-refractivity contribution in [2.24, 2.45) is 0 Å². The van der Waals surface area contributed by atoms with Gasteiger partial charge in [-0.05, 0) is 49.2 Å². The van der Waals surface area contributed by atoms with Crippen LogP contribution in [0.2, 0.25) is 0 Å². The van der Waals surface area contributed by atoms with Crippen molar-refractivity contribution < 1.29 is 13.2 Å². The SMILES string of the molecule is CC1Cc2cc(C(=O)N(C)c3ccccc3)ccc2N1S(C)(=O)=O. The van der Waals surface area contributed by atoms with Gasteiger partial charge in [0.25, 0.3) is 5.91 Å². The molecule has 5 nitrogen and oxygen atoms in total. The highest BCUT2D eigenvalue weighted by molar-refractivity contribution is 7.92. The highest BCUT2D eigenvalue weighted by Gasteiger charge is 2.33. The summed E-state index contributed by atoms with van der Waals surface area (Å²) in [5.74, 6) is -0.116. The maximum absolute atomic E-state index is 12.7. The molecule has 0 N–H and O–H groups in total. The number of hydrogen-bond donors (Lipinski definition) is 0. The Hall–Kier alpha value is -2.34. The van der Waals surface area contributed by atoms with E-state index in [1.54, 1.807) is 30.1 Å². The van der Waals surface area contributed by atoms with Gasteiger partial charge in [0.2, 0.25) is 10.0 Å². The highest BCUT2D eigenvalue weighted by Crippen LogP contribution is 2.35. The van der Waals surface area contributed by atoms with Gasteiger partial charge in [-0.1, -0.05) is 18.2 Å². The van der Waals surface area contributed by atoms with Crippen molar-refractivity contribution in [2.75, 3.05) is 22.5 Å². The molecule has 0 bridgehead atoms. The van der Waals surface area contributed by atoms with Crippen LogP contribution >= 0.6 is 0 Å². The smallest absolute Gasteiger partial charge is 0.258 e. The largest absolute Gasteiger partial charge is 0.311 e. The number of hydrogen-bond acceptors (Lipinski definition) is 3. The molecule has 1 heterocycles. The van der Waals surface area contributed by atoms with Gasteiger partial charge in [0, 0.05) is 24.3 Å². The number of nitrogens with zero attached hydrogens (tertiary/aromatic N) is 2. The molecule has 0 fully saturated rings. The van der Waals surface area contributed by atoms with Crippen molar-refractivity contribution in [1.29, 1.82) is 0 Å². The quantitative estimate of drug-likeness (QED) is 0.860. The zero-order chi connectivity index (χ0) is 17.5. The minimum Gasteiger partial charge on any atom is -0.311 e. The lowest BCUT2D eigenvalue weighted by molar-refractivity contribution is 0.0993. The number of carbonyl (C=O) groups is 1. The first-order chi connectivity index (χ1) is 11.3. The third-order valence-electron chi connectivity index (χ3n) is 4.28. The van der Waals surface area contributed by atoms with Gasteiger partial charge < -0.3 is 4.90 Å². The van der Waals surface area contributed by atoms with E-state index < -0.39 is 10.0 Å². The molecule has 1 unspecified atom stereocenters. The van der Waals surface area contributed by atoms with Crippen LogP contribution in [0.1, 0.15) is 22.8 Å². The van der Waals surface area contributed by atoms with E-state index in [0.29, 0.717) is 17.7 Å². The molecule has 1 aliphatic rings. The van der Waals surface area contributed by atoms with Crippen LogP contribution in [0.25, 0.3) is 0 Å². The first-order valence-corrected chi connectivity index (χ1v) is 9.59. The Morgan fingerprint density at radius 1 is 1.17 bits per heavy atom. The van der Waals surface area contributed by atoms with Crippen LogP contribution < -0.4 is 9.21 Å². The van der Waals surface area contributed by atoms with E-state index in [-0.39, 0.29) is 11.9 Å². The fourth-order valence-corrected chi connectivity index (χ4v) is 4.47. The average Bonchev–Trinajstić information content (AvgIpc) is 2.89. The van der Waals surface area contributed by atoms with Crippen LogP contribution in [-0.4, -0.2) is 33.7 Å². The fraction of sp³-hybridized carbons (Fsp3) is 0.278. The number of rotatable bonds is 3. The van der Waals surface area contributed by atoms with E-state index in [2.05, 4.69) is 0 Å². The second-order valence-electron chi connectivity index (χ2n) is 6.16. The van der Waals surface area contributed by atoms with Crippen molar-refractivity contribution in [3.63, 3.8) is 0 Å². The number of anilines is 2. The maximum atomic E-state index is 12.7. The van der Waals surface area contributed by atoms with Gasteiger partial charge in [-0.15, -0.1) is 0 Å². The molecule has 0 spiro atoms. The topological polar surface area (TPSA) is 57.7 Å². The van der Waals surface area contributed by atoms with E-state index in [4.69, 9.17) is 0 Å². The third-order valence-corrected chi connectivity index (χ3v) is 5.56. The van der Waals surface area contributed by atoms with Crippen molar-refractivity contribution in [3.05, 3.63) is 59.7 Å². The van der Waals surface area contributed by atoms with E-state index in [1.165, 1.54) is 10.6 Å². The lowest BCUT2D eigenvalue weighted by Gasteiger charge is -2.22. The van der Waals surface area contributed by atoms with Gasteiger partial charge in [0.1, 0.15) is 0 Å². The fourth-order valence-electron chi connectivity index (χ4n) is 3.20. The Kier molecular flexibility index (Phi) is 4.09. The monoisotopic (exact) mass is 344 g/mol. The summed E-state index contributed by atoms with van der Waals surface area (Å²) in [4.78, 5) is 14.3. The molecule has 0 aliphatic carbocycles. The normalized spacial score (nSPS) is 16.8. The number of fused-ring (bicyclic) bond motifs is 1. The molecule has 0 radical (unpaired) electrons. The molecule has 1 amide bonds. The number of benzene rings is 2. The predicted octanol–water partition coefficient (Wildman–Crippen LogP) is 2.67.